The predicted octanol–water partition coefficient (Wildman–Crippen LogP) is 2.79. The first kappa shape index (κ1) is 19.2. The first-order valence-electron chi connectivity index (χ1n) is 10.2. The molecule has 0 bridgehead atoms. The molecule has 1 fully saturated rings. The average Bonchev–Trinajstić information content (AvgIpc) is 3.13. The summed E-state index contributed by atoms with van der Waals surface area (Å²) in [5, 5.41) is 4.76. The van der Waals surface area contributed by atoms with Crippen molar-refractivity contribution >= 4 is 15.7 Å². The lowest BCUT2D eigenvalue weighted by atomic mass is 10.1. The number of benzene rings is 1. The summed E-state index contributed by atoms with van der Waals surface area (Å²) >= 11 is 0. The molecule has 150 valence electrons. The minimum atomic E-state index is -3.05. The van der Waals surface area contributed by atoms with Crippen molar-refractivity contribution in [2.24, 2.45) is 0 Å². The molecule has 1 aliphatic carbocycles. The van der Waals surface area contributed by atoms with Crippen molar-refractivity contribution in [3.05, 3.63) is 47.3 Å². The Balaban J connectivity index is 1.74. The molecule has 28 heavy (non-hydrogen) atoms. The van der Waals surface area contributed by atoms with Gasteiger partial charge in [0.05, 0.1) is 17.2 Å². The van der Waals surface area contributed by atoms with Gasteiger partial charge in [-0.2, -0.15) is 5.10 Å². The maximum absolute atomic E-state index is 13.5. The number of aromatic nitrogens is 2. The topological polar surface area (TPSA) is 72.3 Å². The third kappa shape index (κ3) is 3.60. The Morgan fingerprint density at radius 2 is 1.93 bits per heavy atom. The van der Waals surface area contributed by atoms with Gasteiger partial charge < -0.3 is 4.90 Å². The number of sulfone groups is 1. The first-order chi connectivity index (χ1) is 13.5. The van der Waals surface area contributed by atoms with Crippen LogP contribution in [0.25, 0.3) is 5.69 Å². The Hall–Kier alpha value is -2.15. The van der Waals surface area contributed by atoms with Crippen LogP contribution in [0.4, 0.5) is 0 Å². The fourth-order valence-corrected chi connectivity index (χ4v) is 6.19. The van der Waals surface area contributed by atoms with Crippen molar-refractivity contribution in [2.45, 2.75) is 51.5 Å². The number of fused-ring (bicyclic) bond motifs is 1. The number of hydrogen-bond acceptors (Lipinski definition) is 4. The molecule has 1 aromatic carbocycles. The lowest BCUT2D eigenvalue weighted by Crippen LogP contribution is -2.41. The van der Waals surface area contributed by atoms with Crippen molar-refractivity contribution in [2.75, 3.05) is 18.1 Å². The summed E-state index contributed by atoms with van der Waals surface area (Å²) in [6.07, 6.45) is 5.58. The van der Waals surface area contributed by atoms with E-state index in [1.54, 1.807) is 4.90 Å². The molecule has 2 aliphatic rings. The Kier molecular flexibility index (Phi) is 5.27. The van der Waals surface area contributed by atoms with Gasteiger partial charge in [0, 0.05) is 23.8 Å². The van der Waals surface area contributed by atoms with Crippen LogP contribution in [0.5, 0.6) is 0 Å². The number of hydrogen-bond donors (Lipinski definition) is 0. The molecule has 4 rings (SSSR count). The van der Waals surface area contributed by atoms with Gasteiger partial charge in [-0.25, -0.2) is 13.1 Å². The normalized spacial score (nSPS) is 21.1. The van der Waals surface area contributed by atoms with E-state index in [4.69, 9.17) is 5.10 Å². The second-order valence-corrected chi connectivity index (χ2v) is 9.96. The van der Waals surface area contributed by atoms with Gasteiger partial charge in [-0.3, -0.25) is 4.79 Å². The van der Waals surface area contributed by atoms with Crippen LogP contribution in [-0.2, 0) is 22.7 Å². The Morgan fingerprint density at radius 3 is 2.61 bits per heavy atom. The van der Waals surface area contributed by atoms with E-state index in [-0.39, 0.29) is 23.5 Å². The molecule has 2 aromatic rings. The Bertz CT molecular complexity index is 966. The molecule has 2 heterocycles. The highest BCUT2D eigenvalue weighted by Gasteiger charge is 2.36. The van der Waals surface area contributed by atoms with E-state index in [0.717, 1.165) is 49.0 Å². The molecule has 0 N–H and O–H groups in total. The highest BCUT2D eigenvalue weighted by atomic mass is 32.2. The van der Waals surface area contributed by atoms with Crippen LogP contribution >= 0.6 is 0 Å². The van der Waals surface area contributed by atoms with Crippen LogP contribution < -0.4 is 0 Å². The zero-order chi connectivity index (χ0) is 19.7. The van der Waals surface area contributed by atoms with Crippen molar-refractivity contribution in [1.82, 2.24) is 14.7 Å². The summed E-state index contributed by atoms with van der Waals surface area (Å²) in [5.74, 6) is 0.101. The van der Waals surface area contributed by atoms with Gasteiger partial charge >= 0.3 is 0 Å². The number of rotatable bonds is 4. The first-order valence-corrected chi connectivity index (χ1v) is 12.0. The lowest BCUT2D eigenvalue weighted by Gasteiger charge is -2.26. The number of para-hydroxylation sites is 1. The molecule has 1 aliphatic heterocycles. The van der Waals surface area contributed by atoms with Crippen molar-refractivity contribution in [3.63, 3.8) is 0 Å². The molecular formula is C21H27N3O3S. The van der Waals surface area contributed by atoms with Gasteiger partial charge in [-0.1, -0.05) is 24.6 Å². The van der Waals surface area contributed by atoms with Crippen LogP contribution in [0.15, 0.2) is 30.3 Å². The zero-order valence-electron chi connectivity index (χ0n) is 16.3. The monoisotopic (exact) mass is 401 g/mol. The van der Waals surface area contributed by atoms with Gasteiger partial charge in [0.25, 0.3) is 5.91 Å². The van der Waals surface area contributed by atoms with Gasteiger partial charge in [-0.05, 0) is 51.2 Å². The minimum absolute atomic E-state index is 0.0637. The summed E-state index contributed by atoms with van der Waals surface area (Å²) in [6.45, 7) is 2.40. The quantitative estimate of drug-likeness (QED) is 0.739. The van der Waals surface area contributed by atoms with Crippen molar-refractivity contribution in [1.29, 1.82) is 0 Å². The minimum Gasteiger partial charge on any atom is -0.333 e. The van der Waals surface area contributed by atoms with E-state index in [2.05, 4.69) is 0 Å². The molecule has 1 saturated heterocycles. The summed E-state index contributed by atoms with van der Waals surface area (Å²) in [5.41, 5.74) is 3.64. The van der Waals surface area contributed by atoms with E-state index in [1.807, 2.05) is 41.9 Å². The number of nitrogens with zero attached hydrogens (tertiary/aromatic N) is 3. The largest absolute Gasteiger partial charge is 0.333 e. The second kappa shape index (κ2) is 7.70. The summed E-state index contributed by atoms with van der Waals surface area (Å²) in [6, 6.07) is 9.69. The van der Waals surface area contributed by atoms with Crippen LogP contribution in [0.1, 0.15) is 54.4 Å². The Morgan fingerprint density at radius 1 is 1.18 bits per heavy atom. The number of amides is 1. The third-order valence-electron chi connectivity index (χ3n) is 5.88. The van der Waals surface area contributed by atoms with Crippen LogP contribution in [0.2, 0.25) is 0 Å². The third-order valence-corrected chi connectivity index (χ3v) is 7.63. The highest BCUT2D eigenvalue weighted by Crippen LogP contribution is 2.28. The van der Waals surface area contributed by atoms with Crippen LogP contribution in [-0.4, -0.2) is 53.1 Å². The molecule has 1 atom stereocenters. The zero-order valence-corrected chi connectivity index (χ0v) is 17.1. The Labute approximate surface area is 166 Å². The van der Waals surface area contributed by atoms with Gasteiger partial charge in [-0.15, -0.1) is 0 Å². The van der Waals surface area contributed by atoms with Gasteiger partial charge in [0.2, 0.25) is 0 Å². The molecule has 0 radical (unpaired) electrons. The van der Waals surface area contributed by atoms with E-state index >= 15 is 0 Å². The molecule has 1 unspecified atom stereocenters. The van der Waals surface area contributed by atoms with E-state index in [9.17, 15) is 13.2 Å². The maximum Gasteiger partial charge on any atom is 0.274 e. The number of carbonyl (C=O) groups excluding carboxylic acids is 1. The SMILES string of the molecule is CCN(C(=O)c1nn(-c2ccccc2)c2c1CCCCC2)C1CCS(=O)(=O)C1. The fraction of sp³-hybridized carbons (Fsp3) is 0.524. The van der Waals surface area contributed by atoms with E-state index < -0.39 is 9.84 Å². The second-order valence-electron chi connectivity index (χ2n) is 7.73. The summed E-state index contributed by atoms with van der Waals surface area (Å²) in [4.78, 5) is 15.2. The smallest absolute Gasteiger partial charge is 0.274 e. The van der Waals surface area contributed by atoms with Gasteiger partial charge in [0.1, 0.15) is 0 Å². The molecule has 7 heteroatoms. The molecule has 0 spiro atoms. The molecule has 1 aromatic heterocycles. The predicted molar refractivity (Wildman–Crippen MR) is 109 cm³/mol. The van der Waals surface area contributed by atoms with E-state index in [0.29, 0.717) is 18.7 Å². The molecule has 6 nitrogen and oxygen atoms in total. The average molecular weight is 402 g/mol. The highest BCUT2D eigenvalue weighted by molar-refractivity contribution is 7.91. The van der Waals surface area contributed by atoms with E-state index in [1.165, 1.54) is 0 Å². The number of carbonyl (C=O) groups is 1. The standard InChI is InChI=1S/C21H27N3O3S/c1-2-23(17-13-14-28(26,27)15-17)21(25)20-18-11-7-4-8-12-19(18)24(22-20)16-9-5-3-6-10-16/h3,5-6,9-10,17H,2,4,7-8,11-15H2,1H3. The fourth-order valence-electron chi connectivity index (χ4n) is 4.46. The summed E-state index contributed by atoms with van der Waals surface area (Å²) in [7, 11) is -3.05. The van der Waals surface area contributed by atoms with Crippen molar-refractivity contribution in [3.8, 4) is 5.69 Å². The lowest BCUT2D eigenvalue weighted by molar-refractivity contribution is 0.0700. The van der Waals surface area contributed by atoms with Gasteiger partial charge in [0.15, 0.2) is 15.5 Å². The molecule has 0 saturated carbocycles. The summed E-state index contributed by atoms with van der Waals surface area (Å²) < 4.78 is 25.8. The van der Waals surface area contributed by atoms with Crippen LogP contribution in [0.3, 0.4) is 0 Å². The molecular weight excluding hydrogens is 374 g/mol. The van der Waals surface area contributed by atoms with Crippen LogP contribution in [0, 0.1) is 0 Å². The van der Waals surface area contributed by atoms with Crippen molar-refractivity contribution < 1.29 is 13.2 Å². The maximum atomic E-state index is 13.5. The molecule has 1 amide bonds.